The zero-order valence-electron chi connectivity index (χ0n) is 44.8. The van der Waals surface area contributed by atoms with E-state index in [4.69, 9.17) is 0 Å². The van der Waals surface area contributed by atoms with Gasteiger partial charge in [-0.25, -0.2) is 0 Å². The lowest BCUT2D eigenvalue weighted by Crippen LogP contribution is -2.45. The summed E-state index contributed by atoms with van der Waals surface area (Å²) in [6, 6.07) is -0.534. The van der Waals surface area contributed by atoms with E-state index in [1.54, 1.807) is 0 Å². The second-order valence-corrected chi connectivity index (χ2v) is 21.1. The first-order valence-electron chi connectivity index (χ1n) is 30.4. The molecule has 0 bridgehead atoms. The zero-order chi connectivity index (χ0) is 47.0. The Morgan fingerprint density at radius 2 is 0.585 bits per heavy atom. The normalized spacial score (nSPS) is 12.7. The molecule has 0 aliphatic rings. The standard InChI is InChI=1S/C61H121NO3/c1-3-5-7-9-11-13-15-17-19-21-23-25-26-27-28-29-30-31-32-33-34-35-37-39-41-43-45-47-49-51-53-55-57-61(65)62-59(58-63)60(64)56-54-52-50-48-46-44-42-40-38-36-24-22-20-18-16-14-12-10-8-6-4-2/h27-28,59-60,63-64H,3-26,29-58H2,1-2H3,(H,62,65)/b28-27-. The molecule has 2 unspecified atom stereocenters. The van der Waals surface area contributed by atoms with Crippen LogP contribution >= 0.6 is 0 Å². The summed E-state index contributed by atoms with van der Waals surface area (Å²) in [7, 11) is 0. The van der Waals surface area contributed by atoms with E-state index in [9.17, 15) is 15.0 Å². The number of unbranched alkanes of at least 4 members (excludes halogenated alkanes) is 48. The van der Waals surface area contributed by atoms with Crippen LogP contribution in [-0.4, -0.2) is 34.9 Å². The maximum Gasteiger partial charge on any atom is 0.220 e. The van der Waals surface area contributed by atoms with E-state index >= 15 is 0 Å². The van der Waals surface area contributed by atoms with Gasteiger partial charge in [-0.15, -0.1) is 0 Å². The van der Waals surface area contributed by atoms with Crippen molar-refractivity contribution in [1.29, 1.82) is 0 Å². The molecule has 3 N–H and O–H groups in total. The van der Waals surface area contributed by atoms with Gasteiger partial charge in [0.15, 0.2) is 0 Å². The van der Waals surface area contributed by atoms with Crippen molar-refractivity contribution < 1.29 is 15.0 Å². The average molecular weight is 917 g/mol. The molecule has 0 saturated heterocycles. The number of rotatable bonds is 57. The molecular formula is C61H121NO3. The Hall–Kier alpha value is -0.870. The Bertz CT molecular complexity index is 905. The van der Waals surface area contributed by atoms with Crippen molar-refractivity contribution in [1.82, 2.24) is 5.32 Å². The highest BCUT2D eigenvalue weighted by Crippen LogP contribution is 2.18. The summed E-state index contributed by atoms with van der Waals surface area (Å²) in [6.45, 7) is 4.41. The van der Waals surface area contributed by atoms with Crippen molar-refractivity contribution in [2.24, 2.45) is 0 Å². The van der Waals surface area contributed by atoms with Crippen LogP contribution in [0.4, 0.5) is 0 Å². The molecule has 1 amide bonds. The van der Waals surface area contributed by atoms with Crippen LogP contribution in [-0.2, 0) is 4.79 Å². The molecule has 4 heteroatoms. The van der Waals surface area contributed by atoms with Crippen molar-refractivity contribution >= 4 is 5.91 Å². The molecule has 0 aromatic rings. The topological polar surface area (TPSA) is 69.6 Å². The molecule has 0 aromatic heterocycles. The second-order valence-electron chi connectivity index (χ2n) is 21.1. The Morgan fingerprint density at radius 1 is 0.354 bits per heavy atom. The van der Waals surface area contributed by atoms with Crippen LogP contribution in [0.25, 0.3) is 0 Å². The van der Waals surface area contributed by atoms with Gasteiger partial charge in [0.25, 0.3) is 0 Å². The van der Waals surface area contributed by atoms with Gasteiger partial charge >= 0.3 is 0 Å². The number of amides is 1. The van der Waals surface area contributed by atoms with Crippen molar-refractivity contribution in [2.45, 2.75) is 366 Å². The largest absolute Gasteiger partial charge is 0.394 e. The number of nitrogens with one attached hydrogen (secondary N) is 1. The minimum Gasteiger partial charge on any atom is -0.394 e. The first-order chi connectivity index (χ1) is 32.2. The number of hydrogen-bond donors (Lipinski definition) is 3. The van der Waals surface area contributed by atoms with Crippen LogP contribution in [0.2, 0.25) is 0 Å². The van der Waals surface area contributed by atoms with Crippen LogP contribution in [0.3, 0.4) is 0 Å². The molecule has 0 spiro atoms. The molecule has 65 heavy (non-hydrogen) atoms. The van der Waals surface area contributed by atoms with Gasteiger partial charge in [-0.2, -0.15) is 0 Å². The number of carbonyl (C=O) groups excluding carboxylic acids is 1. The van der Waals surface area contributed by atoms with E-state index in [0.29, 0.717) is 12.8 Å². The SMILES string of the molecule is CCCCCCCCCCCCCC/C=C\CCCCCCCCCCCCCCCCCCC(=O)NC(CO)C(O)CCCCCCCCCCCCCCCCCCCCCCC. The Kier molecular flexibility index (Phi) is 56.7. The van der Waals surface area contributed by atoms with E-state index in [-0.39, 0.29) is 12.5 Å². The Labute approximate surface area is 409 Å². The van der Waals surface area contributed by atoms with Gasteiger partial charge in [-0.1, -0.05) is 321 Å². The molecule has 0 heterocycles. The number of aliphatic hydroxyl groups excluding tert-OH is 2. The average Bonchev–Trinajstić information content (AvgIpc) is 3.31. The molecule has 0 saturated carbocycles. The third kappa shape index (κ3) is 53.9. The van der Waals surface area contributed by atoms with Crippen molar-refractivity contribution in [3.8, 4) is 0 Å². The highest BCUT2D eigenvalue weighted by atomic mass is 16.3. The first kappa shape index (κ1) is 64.1. The van der Waals surface area contributed by atoms with Crippen LogP contribution in [0.15, 0.2) is 12.2 Å². The Balaban J connectivity index is 3.39. The van der Waals surface area contributed by atoms with E-state index < -0.39 is 12.1 Å². The summed E-state index contributed by atoms with van der Waals surface area (Å²) in [4.78, 5) is 12.5. The van der Waals surface area contributed by atoms with Gasteiger partial charge in [0, 0.05) is 6.42 Å². The number of hydrogen-bond acceptors (Lipinski definition) is 3. The molecule has 0 aliphatic carbocycles. The van der Waals surface area contributed by atoms with E-state index in [1.807, 2.05) is 0 Å². The van der Waals surface area contributed by atoms with E-state index in [2.05, 4.69) is 31.3 Å². The molecule has 0 radical (unpaired) electrons. The predicted octanol–water partition coefficient (Wildman–Crippen LogP) is 20.1. The smallest absolute Gasteiger partial charge is 0.220 e. The van der Waals surface area contributed by atoms with E-state index in [1.165, 1.54) is 302 Å². The van der Waals surface area contributed by atoms with Gasteiger partial charge in [-0.05, 0) is 38.5 Å². The monoisotopic (exact) mass is 916 g/mol. The second kappa shape index (κ2) is 57.4. The third-order valence-corrected chi connectivity index (χ3v) is 14.5. The molecule has 2 atom stereocenters. The molecule has 0 aliphatic heterocycles. The summed E-state index contributed by atoms with van der Waals surface area (Å²) < 4.78 is 0. The van der Waals surface area contributed by atoms with Gasteiger partial charge in [0.1, 0.15) is 0 Å². The summed E-state index contributed by atoms with van der Waals surface area (Å²) in [5.41, 5.74) is 0. The molecule has 4 nitrogen and oxygen atoms in total. The summed E-state index contributed by atoms with van der Waals surface area (Å²) in [6.07, 6.45) is 75.1. The minimum atomic E-state index is -0.657. The maximum atomic E-state index is 12.5. The van der Waals surface area contributed by atoms with E-state index in [0.717, 1.165) is 25.7 Å². The molecule has 388 valence electrons. The summed E-state index contributed by atoms with van der Waals surface area (Å²) in [5.74, 6) is -0.0232. The molecule has 0 rings (SSSR count). The van der Waals surface area contributed by atoms with Crippen LogP contribution in [0.5, 0.6) is 0 Å². The number of allylic oxidation sites excluding steroid dienone is 2. The third-order valence-electron chi connectivity index (χ3n) is 14.5. The summed E-state index contributed by atoms with van der Waals surface area (Å²) in [5, 5.41) is 23.4. The van der Waals surface area contributed by atoms with Crippen LogP contribution in [0.1, 0.15) is 354 Å². The highest BCUT2D eigenvalue weighted by Gasteiger charge is 2.20. The number of aliphatic hydroxyl groups is 2. The summed E-state index contributed by atoms with van der Waals surface area (Å²) >= 11 is 0. The lowest BCUT2D eigenvalue weighted by Gasteiger charge is -2.22. The zero-order valence-corrected chi connectivity index (χ0v) is 44.8. The molecule has 0 aromatic carbocycles. The lowest BCUT2D eigenvalue weighted by atomic mass is 10.0. The molecular weight excluding hydrogens is 795 g/mol. The molecule has 0 fully saturated rings. The lowest BCUT2D eigenvalue weighted by molar-refractivity contribution is -0.123. The maximum absolute atomic E-state index is 12.5. The van der Waals surface area contributed by atoms with Gasteiger partial charge < -0.3 is 15.5 Å². The number of carbonyl (C=O) groups is 1. The minimum absolute atomic E-state index is 0.0232. The highest BCUT2D eigenvalue weighted by molar-refractivity contribution is 5.76. The van der Waals surface area contributed by atoms with Crippen LogP contribution < -0.4 is 5.32 Å². The first-order valence-corrected chi connectivity index (χ1v) is 30.4. The predicted molar refractivity (Wildman–Crippen MR) is 290 cm³/mol. The fraction of sp³-hybridized carbons (Fsp3) is 0.951. The Morgan fingerprint density at radius 3 is 0.846 bits per heavy atom. The van der Waals surface area contributed by atoms with Crippen molar-refractivity contribution in [2.75, 3.05) is 6.61 Å². The van der Waals surface area contributed by atoms with Gasteiger partial charge in [0.2, 0.25) is 5.91 Å². The van der Waals surface area contributed by atoms with Gasteiger partial charge in [-0.3, -0.25) is 4.79 Å². The fourth-order valence-corrected chi connectivity index (χ4v) is 9.89. The van der Waals surface area contributed by atoms with Crippen LogP contribution in [0, 0.1) is 0 Å². The fourth-order valence-electron chi connectivity index (χ4n) is 9.89. The quantitative estimate of drug-likeness (QED) is 0.0421. The van der Waals surface area contributed by atoms with Crippen molar-refractivity contribution in [3.63, 3.8) is 0 Å². The van der Waals surface area contributed by atoms with Gasteiger partial charge in [0.05, 0.1) is 18.8 Å². The van der Waals surface area contributed by atoms with Crippen molar-refractivity contribution in [3.05, 3.63) is 12.2 Å².